The SMILES string of the molecule is CCONC(=O)CCOc1ccc(Cl)c(Cl)c1. The van der Waals surface area contributed by atoms with E-state index in [1.807, 2.05) is 0 Å². The second-order valence-corrected chi connectivity index (χ2v) is 3.95. The van der Waals surface area contributed by atoms with Gasteiger partial charge in [-0.15, -0.1) is 0 Å². The van der Waals surface area contributed by atoms with E-state index in [0.717, 1.165) is 0 Å². The van der Waals surface area contributed by atoms with Gasteiger partial charge in [0.25, 0.3) is 0 Å². The molecule has 17 heavy (non-hydrogen) atoms. The van der Waals surface area contributed by atoms with Gasteiger partial charge in [0, 0.05) is 6.07 Å². The van der Waals surface area contributed by atoms with Crippen molar-refractivity contribution in [1.29, 1.82) is 0 Å². The number of carbonyl (C=O) groups excluding carboxylic acids is 1. The number of halogens is 2. The third-order valence-corrected chi connectivity index (χ3v) is 2.56. The fraction of sp³-hybridized carbons (Fsp3) is 0.364. The van der Waals surface area contributed by atoms with Gasteiger partial charge in [-0.25, -0.2) is 5.48 Å². The molecular formula is C11H13Cl2NO3. The predicted molar refractivity (Wildman–Crippen MR) is 66.3 cm³/mol. The third kappa shape index (κ3) is 5.26. The summed E-state index contributed by atoms with van der Waals surface area (Å²) >= 11 is 11.6. The number of nitrogens with one attached hydrogen (secondary N) is 1. The third-order valence-electron chi connectivity index (χ3n) is 1.82. The van der Waals surface area contributed by atoms with E-state index < -0.39 is 0 Å². The van der Waals surface area contributed by atoms with Gasteiger partial charge in [0.05, 0.1) is 29.7 Å². The summed E-state index contributed by atoms with van der Waals surface area (Å²) in [5.41, 5.74) is 2.27. The van der Waals surface area contributed by atoms with Crippen LogP contribution in [0.25, 0.3) is 0 Å². The van der Waals surface area contributed by atoms with Crippen molar-refractivity contribution in [3.63, 3.8) is 0 Å². The lowest BCUT2D eigenvalue weighted by Crippen LogP contribution is -2.25. The molecule has 6 heteroatoms. The van der Waals surface area contributed by atoms with Crippen molar-refractivity contribution in [3.05, 3.63) is 28.2 Å². The molecule has 1 aromatic rings. The van der Waals surface area contributed by atoms with E-state index in [9.17, 15) is 4.79 Å². The van der Waals surface area contributed by atoms with Crippen molar-refractivity contribution in [3.8, 4) is 5.75 Å². The van der Waals surface area contributed by atoms with E-state index in [1.54, 1.807) is 25.1 Å². The van der Waals surface area contributed by atoms with E-state index in [0.29, 0.717) is 22.4 Å². The molecule has 0 heterocycles. The molecule has 1 aromatic carbocycles. The highest BCUT2D eigenvalue weighted by molar-refractivity contribution is 6.42. The minimum Gasteiger partial charge on any atom is -0.493 e. The van der Waals surface area contributed by atoms with Crippen molar-refractivity contribution in [2.45, 2.75) is 13.3 Å². The lowest BCUT2D eigenvalue weighted by Gasteiger charge is -2.07. The van der Waals surface area contributed by atoms with Crippen LogP contribution in [0.3, 0.4) is 0 Å². The van der Waals surface area contributed by atoms with Gasteiger partial charge in [-0.2, -0.15) is 0 Å². The van der Waals surface area contributed by atoms with E-state index >= 15 is 0 Å². The van der Waals surface area contributed by atoms with Crippen LogP contribution in [-0.2, 0) is 9.63 Å². The fourth-order valence-corrected chi connectivity index (χ4v) is 1.32. The number of benzene rings is 1. The fourth-order valence-electron chi connectivity index (χ4n) is 1.03. The zero-order valence-electron chi connectivity index (χ0n) is 9.33. The van der Waals surface area contributed by atoms with Crippen LogP contribution in [0.15, 0.2) is 18.2 Å². The highest BCUT2D eigenvalue weighted by atomic mass is 35.5. The number of rotatable bonds is 6. The molecule has 0 radical (unpaired) electrons. The first kappa shape index (κ1) is 14.1. The average Bonchev–Trinajstić information content (AvgIpc) is 2.31. The van der Waals surface area contributed by atoms with Gasteiger partial charge in [0.1, 0.15) is 5.75 Å². The summed E-state index contributed by atoms with van der Waals surface area (Å²) < 4.78 is 5.33. The maximum Gasteiger partial charge on any atom is 0.246 e. The number of carbonyl (C=O) groups is 1. The number of hydrogen-bond donors (Lipinski definition) is 1. The van der Waals surface area contributed by atoms with Crippen LogP contribution in [0.4, 0.5) is 0 Å². The molecule has 0 saturated heterocycles. The van der Waals surface area contributed by atoms with Gasteiger partial charge in [-0.3, -0.25) is 9.63 Å². The zero-order valence-corrected chi connectivity index (χ0v) is 10.8. The monoisotopic (exact) mass is 277 g/mol. The van der Waals surface area contributed by atoms with Crippen molar-refractivity contribution in [2.24, 2.45) is 0 Å². The van der Waals surface area contributed by atoms with Gasteiger partial charge in [-0.1, -0.05) is 23.2 Å². The Morgan fingerprint density at radius 3 is 2.76 bits per heavy atom. The summed E-state index contributed by atoms with van der Waals surface area (Å²) in [6, 6.07) is 4.93. The maximum atomic E-state index is 11.1. The molecule has 94 valence electrons. The molecule has 0 aliphatic rings. The Hall–Kier alpha value is -0.970. The molecule has 1 amide bonds. The first-order chi connectivity index (χ1) is 8.13. The van der Waals surface area contributed by atoms with Gasteiger partial charge >= 0.3 is 0 Å². The van der Waals surface area contributed by atoms with E-state index in [4.69, 9.17) is 32.8 Å². The Balaban J connectivity index is 2.30. The van der Waals surface area contributed by atoms with Crippen LogP contribution >= 0.6 is 23.2 Å². The normalized spacial score (nSPS) is 10.1. The Morgan fingerprint density at radius 2 is 2.12 bits per heavy atom. The highest BCUT2D eigenvalue weighted by Gasteiger charge is 2.03. The average molecular weight is 278 g/mol. The minimum atomic E-state index is -0.230. The largest absolute Gasteiger partial charge is 0.493 e. The van der Waals surface area contributed by atoms with Crippen molar-refractivity contribution in [2.75, 3.05) is 13.2 Å². The molecule has 4 nitrogen and oxygen atoms in total. The van der Waals surface area contributed by atoms with Crippen LogP contribution in [-0.4, -0.2) is 19.1 Å². The Kier molecular flexibility index (Phi) is 6.11. The van der Waals surface area contributed by atoms with Crippen LogP contribution in [0.5, 0.6) is 5.75 Å². The van der Waals surface area contributed by atoms with Crippen molar-refractivity contribution >= 4 is 29.1 Å². The smallest absolute Gasteiger partial charge is 0.246 e. The Bertz CT molecular complexity index is 385. The van der Waals surface area contributed by atoms with Gasteiger partial charge < -0.3 is 4.74 Å². The Morgan fingerprint density at radius 1 is 1.35 bits per heavy atom. The molecule has 0 spiro atoms. The van der Waals surface area contributed by atoms with Crippen LogP contribution in [0, 0.1) is 0 Å². The first-order valence-electron chi connectivity index (χ1n) is 5.12. The summed E-state index contributed by atoms with van der Waals surface area (Å²) in [6.07, 6.45) is 0.209. The molecule has 0 fully saturated rings. The molecular weight excluding hydrogens is 265 g/mol. The summed E-state index contributed by atoms with van der Waals surface area (Å²) in [5, 5.41) is 0.885. The quantitative estimate of drug-likeness (QED) is 0.814. The van der Waals surface area contributed by atoms with Crippen LogP contribution in [0.2, 0.25) is 10.0 Å². The number of amides is 1. The standard InChI is InChI=1S/C11H13Cl2NO3/c1-2-17-14-11(15)5-6-16-8-3-4-9(12)10(13)7-8/h3-4,7H,2,5-6H2,1H3,(H,14,15). The molecule has 0 atom stereocenters. The second-order valence-electron chi connectivity index (χ2n) is 3.13. The molecule has 0 unspecified atom stereocenters. The molecule has 0 aromatic heterocycles. The summed E-state index contributed by atoms with van der Waals surface area (Å²) in [6.45, 7) is 2.46. The summed E-state index contributed by atoms with van der Waals surface area (Å²) in [5.74, 6) is 0.343. The van der Waals surface area contributed by atoms with Crippen LogP contribution < -0.4 is 10.2 Å². The number of ether oxygens (including phenoxy) is 1. The Labute approximate surface area is 110 Å². The minimum absolute atomic E-state index is 0.209. The molecule has 1 rings (SSSR count). The highest BCUT2D eigenvalue weighted by Crippen LogP contribution is 2.26. The van der Waals surface area contributed by atoms with Gasteiger partial charge in [-0.05, 0) is 19.1 Å². The maximum absolute atomic E-state index is 11.1. The van der Waals surface area contributed by atoms with Crippen molar-refractivity contribution in [1.82, 2.24) is 5.48 Å². The van der Waals surface area contributed by atoms with Crippen molar-refractivity contribution < 1.29 is 14.4 Å². The number of hydrogen-bond acceptors (Lipinski definition) is 3. The molecule has 0 aliphatic carbocycles. The topological polar surface area (TPSA) is 47.6 Å². The first-order valence-corrected chi connectivity index (χ1v) is 5.87. The van der Waals surface area contributed by atoms with E-state index in [2.05, 4.69) is 5.48 Å². The summed E-state index contributed by atoms with van der Waals surface area (Å²) in [4.78, 5) is 15.9. The summed E-state index contributed by atoms with van der Waals surface area (Å²) in [7, 11) is 0. The molecule has 1 N–H and O–H groups in total. The molecule has 0 saturated carbocycles. The molecule has 0 bridgehead atoms. The van der Waals surface area contributed by atoms with Crippen LogP contribution in [0.1, 0.15) is 13.3 Å². The lowest BCUT2D eigenvalue weighted by molar-refractivity contribution is -0.133. The van der Waals surface area contributed by atoms with Gasteiger partial charge in [0.15, 0.2) is 0 Å². The number of hydroxylamine groups is 1. The molecule has 0 aliphatic heterocycles. The second kappa shape index (κ2) is 7.37. The lowest BCUT2D eigenvalue weighted by atomic mass is 10.3. The predicted octanol–water partition coefficient (Wildman–Crippen LogP) is 2.83. The zero-order chi connectivity index (χ0) is 12.7. The van der Waals surface area contributed by atoms with E-state index in [1.165, 1.54) is 0 Å². The van der Waals surface area contributed by atoms with Gasteiger partial charge in [0.2, 0.25) is 5.91 Å². The van der Waals surface area contributed by atoms with E-state index in [-0.39, 0.29) is 18.9 Å².